The monoisotopic (exact) mass is 488 g/mol. The molecule has 35 heavy (non-hydrogen) atoms. The fourth-order valence-electron chi connectivity index (χ4n) is 3.23. The Morgan fingerprint density at radius 1 is 1.14 bits per heavy atom. The average Bonchev–Trinajstić information content (AvgIpc) is 3.30. The maximum atomic E-state index is 12.4. The Kier molecular flexibility index (Phi) is 7.74. The Bertz CT molecular complexity index is 1320. The van der Waals surface area contributed by atoms with E-state index < -0.39 is 0 Å². The van der Waals surface area contributed by atoms with Gasteiger partial charge < -0.3 is 9.84 Å². The molecule has 0 aliphatic heterocycles. The number of ether oxygens (including phenoxy) is 1. The highest BCUT2D eigenvalue weighted by atomic mass is 32.2. The first-order chi connectivity index (χ1) is 17.1. The van der Waals surface area contributed by atoms with Crippen molar-refractivity contribution in [2.75, 3.05) is 12.4 Å². The molecule has 2 heterocycles. The lowest BCUT2D eigenvalue weighted by molar-refractivity contribution is -0.118. The number of amides is 1. The van der Waals surface area contributed by atoms with Crippen LogP contribution in [0.3, 0.4) is 0 Å². The second-order valence-electron chi connectivity index (χ2n) is 7.42. The molecule has 0 aliphatic rings. The van der Waals surface area contributed by atoms with Crippen molar-refractivity contribution >= 4 is 23.9 Å². The molecule has 2 aromatic carbocycles. The first-order valence-corrected chi connectivity index (χ1v) is 11.9. The number of aromatic nitrogens is 4. The molecule has 0 unspecified atom stereocenters. The molecular formula is C25H24N6O3S. The minimum absolute atomic E-state index is 0.0310. The van der Waals surface area contributed by atoms with Gasteiger partial charge in [0.2, 0.25) is 0 Å². The molecule has 0 atom stereocenters. The minimum atomic E-state index is -0.324. The Labute approximate surface area is 206 Å². The summed E-state index contributed by atoms with van der Waals surface area (Å²) < 4.78 is 7.27. The molecule has 1 amide bonds. The molecule has 4 aromatic rings. The maximum Gasteiger partial charge on any atom is 0.250 e. The molecule has 0 aliphatic carbocycles. The molecule has 2 aromatic heterocycles. The molecule has 0 radical (unpaired) electrons. The number of aromatic hydroxyl groups is 1. The van der Waals surface area contributed by atoms with E-state index in [9.17, 15) is 9.90 Å². The van der Waals surface area contributed by atoms with E-state index in [0.717, 1.165) is 16.8 Å². The Balaban J connectivity index is 1.47. The van der Waals surface area contributed by atoms with Gasteiger partial charge in [0, 0.05) is 29.2 Å². The van der Waals surface area contributed by atoms with Gasteiger partial charge in [-0.15, -0.1) is 10.2 Å². The number of hydrogen-bond donors (Lipinski definition) is 2. The van der Waals surface area contributed by atoms with Crippen molar-refractivity contribution in [2.45, 2.75) is 19.0 Å². The van der Waals surface area contributed by atoms with Crippen LogP contribution in [0.25, 0.3) is 17.1 Å². The molecule has 9 nitrogen and oxygen atoms in total. The number of benzene rings is 2. The molecule has 0 bridgehead atoms. The summed E-state index contributed by atoms with van der Waals surface area (Å²) in [5.74, 6) is 0.732. The summed E-state index contributed by atoms with van der Waals surface area (Å²) in [6, 6.07) is 16.8. The number of aryl methyl sites for hydroxylation is 1. The molecule has 2 N–H and O–H groups in total. The zero-order valence-corrected chi connectivity index (χ0v) is 20.1. The quantitative estimate of drug-likeness (QED) is 0.208. The zero-order chi connectivity index (χ0) is 24.6. The molecule has 0 spiro atoms. The lowest BCUT2D eigenvalue weighted by atomic mass is 10.2. The maximum absolute atomic E-state index is 12.4. The summed E-state index contributed by atoms with van der Waals surface area (Å²) in [4.78, 5) is 16.5. The third kappa shape index (κ3) is 5.85. The van der Waals surface area contributed by atoms with E-state index in [1.807, 2.05) is 54.8 Å². The minimum Gasteiger partial charge on any atom is -0.504 e. The number of carbonyl (C=O) groups excluding carboxylic acids is 1. The lowest BCUT2D eigenvalue weighted by Gasteiger charge is -2.10. The third-order valence-electron chi connectivity index (χ3n) is 4.92. The molecule has 0 fully saturated rings. The lowest BCUT2D eigenvalue weighted by Crippen LogP contribution is -2.20. The number of pyridine rings is 1. The van der Waals surface area contributed by atoms with Crippen LogP contribution < -0.4 is 10.2 Å². The second kappa shape index (κ2) is 11.3. The van der Waals surface area contributed by atoms with Crippen molar-refractivity contribution in [2.24, 2.45) is 5.10 Å². The van der Waals surface area contributed by atoms with Crippen LogP contribution in [0.1, 0.15) is 18.1 Å². The average molecular weight is 489 g/mol. The van der Waals surface area contributed by atoms with Gasteiger partial charge in [-0.25, -0.2) is 5.43 Å². The Hall–Kier alpha value is -4.18. The van der Waals surface area contributed by atoms with Gasteiger partial charge in [0.15, 0.2) is 22.5 Å². The predicted molar refractivity (Wildman–Crippen MR) is 135 cm³/mol. The normalized spacial score (nSPS) is 11.0. The van der Waals surface area contributed by atoms with Crippen molar-refractivity contribution in [3.05, 3.63) is 78.1 Å². The number of phenolic OH excluding ortho intramolecular Hbond substituents is 1. The fourth-order valence-corrected chi connectivity index (χ4v) is 3.97. The van der Waals surface area contributed by atoms with E-state index in [-0.39, 0.29) is 17.4 Å². The van der Waals surface area contributed by atoms with Crippen molar-refractivity contribution in [3.8, 4) is 28.6 Å². The molecule has 10 heteroatoms. The largest absolute Gasteiger partial charge is 0.504 e. The van der Waals surface area contributed by atoms with Crippen LogP contribution in [0.5, 0.6) is 11.5 Å². The van der Waals surface area contributed by atoms with Crippen LogP contribution in [-0.2, 0) is 4.79 Å². The second-order valence-corrected chi connectivity index (χ2v) is 8.36. The van der Waals surface area contributed by atoms with Gasteiger partial charge in [-0.2, -0.15) is 5.10 Å². The van der Waals surface area contributed by atoms with E-state index in [2.05, 4.69) is 25.7 Å². The molecule has 0 saturated heterocycles. The smallest absolute Gasteiger partial charge is 0.250 e. The summed E-state index contributed by atoms with van der Waals surface area (Å²) >= 11 is 1.25. The van der Waals surface area contributed by atoms with Gasteiger partial charge in [-0.1, -0.05) is 35.5 Å². The van der Waals surface area contributed by atoms with Crippen molar-refractivity contribution in [3.63, 3.8) is 0 Å². The van der Waals surface area contributed by atoms with Crippen molar-refractivity contribution < 1.29 is 14.6 Å². The third-order valence-corrected chi connectivity index (χ3v) is 5.85. The zero-order valence-electron chi connectivity index (χ0n) is 19.3. The molecule has 178 valence electrons. The van der Waals surface area contributed by atoms with Crippen LogP contribution in [-0.4, -0.2) is 49.3 Å². The highest BCUT2D eigenvalue weighted by molar-refractivity contribution is 7.99. The number of para-hydroxylation sites is 1. The number of nitrogens with one attached hydrogen (secondary N) is 1. The predicted octanol–water partition coefficient (Wildman–Crippen LogP) is 3.98. The number of hydrazone groups is 1. The Morgan fingerprint density at radius 2 is 1.91 bits per heavy atom. The van der Waals surface area contributed by atoms with E-state index in [0.29, 0.717) is 28.9 Å². The van der Waals surface area contributed by atoms with E-state index in [4.69, 9.17) is 4.74 Å². The topological polar surface area (TPSA) is 115 Å². The summed E-state index contributed by atoms with van der Waals surface area (Å²) in [6.07, 6.45) is 4.77. The first-order valence-electron chi connectivity index (χ1n) is 10.9. The van der Waals surface area contributed by atoms with Crippen molar-refractivity contribution in [1.82, 2.24) is 25.2 Å². The number of carbonyl (C=O) groups is 1. The fraction of sp³-hybridized carbons (Fsp3) is 0.160. The van der Waals surface area contributed by atoms with Crippen LogP contribution in [0.4, 0.5) is 0 Å². The standard InChI is InChI=1S/C25H24N6O3S/c1-3-34-21-6-4-5-19(23(21)33)15-27-28-22(32)16-35-25-30-29-24(18-11-13-26-14-12-18)31(25)20-9-7-17(2)8-10-20/h4-15,33H,3,16H2,1-2H3,(H,28,32). The summed E-state index contributed by atoms with van der Waals surface area (Å²) in [7, 11) is 0. The number of phenols is 1. The molecular weight excluding hydrogens is 464 g/mol. The number of thioether (sulfide) groups is 1. The highest BCUT2D eigenvalue weighted by Gasteiger charge is 2.17. The van der Waals surface area contributed by atoms with Crippen LogP contribution in [0.2, 0.25) is 0 Å². The van der Waals surface area contributed by atoms with Crippen LogP contribution >= 0.6 is 11.8 Å². The Morgan fingerprint density at radius 3 is 2.66 bits per heavy atom. The number of nitrogens with zero attached hydrogens (tertiary/aromatic N) is 5. The highest BCUT2D eigenvalue weighted by Crippen LogP contribution is 2.29. The summed E-state index contributed by atoms with van der Waals surface area (Å²) in [5, 5.41) is 23.4. The van der Waals surface area contributed by atoms with E-state index in [1.54, 1.807) is 30.6 Å². The van der Waals surface area contributed by atoms with Gasteiger partial charge in [0.25, 0.3) is 5.91 Å². The first kappa shape index (κ1) is 24.0. The SMILES string of the molecule is CCOc1cccc(C=NNC(=O)CSc2nnc(-c3ccncc3)n2-c2ccc(C)cc2)c1O. The van der Waals surface area contributed by atoms with Crippen LogP contribution in [0, 0.1) is 6.92 Å². The van der Waals surface area contributed by atoms with Gasteiger partial charge in [0.1, 0.15) is 0 Å². The molecule has 4 rings (SSSR count). The van der Waals surface area contributed by atoms with Gasteiger partial charge >= 0.3 is 0 Å². The van der Waals surface area contributed by atoms with E-state index in [1.165, 1.54) is 18.0 Å². The summed E-state index contributed by atoms with van der Waals surface area (Å²) in [5.41, 5.74) is 5.80. The number of rotatable bonds is 9. The van der Waals surface area contributed by atoms with Gasteiger partial charge in [-0.05, 0) is 50.2 Å². The van der Waals surface area contributed by atoms with Gasteiger partial charge in [0.05, 0.1) is 18.6 Å². The van der Waals surface area contributed by atoms with Crippen molar-refractivity contribution in [1.29, 1.82) is 0 Å². The van der Waals surface area contributed by atoms with Gasteiger partial charge in [-0.3, -0.25) is 14.3 Å². The number of hydrogen-bond acceptors (Lipinski definition) is 8. The van der Waals surface area contributed by atoms with Crippen LogP contribution in [0.15, 0.2) is 77.2 Å². The summed E-state index contributed by atoms with van der Waals surface area (Å²) in [6.45, 7) is 4.28. The van der Waals surface area contributed by atoms with E-state index >= 15 is 0 Å². The molecule has 0 saturated carbocycles.